The molecule has 112 valence electrons. The second-order valence-corrected chi connectivity index (χ2v) is 5.21. The number of hydrogen-bond acceptors (Lipinski definition) is 3. The minimum Gasteiger partial charge on any atom is -0.383 e. The summed E-state index contributed by atoms with van der Waals surface area (Å²) in [6.45, 7) is 2.92. The molecule has 1 atom stereocenters. The SMILES string of the molecule is CC[C@@H](COC)NC(=O)Nc1cccc(Br)c1COC. The van der Waals surface area contributed by atoms with Crippen molar-refractivity contribution in [3.05, 3.63) is 28.2 Å². The standard InChI is InChI=1S/C14H21BrN2O3/c1-4-10(8-19-2)16-14(18)17-13-7-5-6-12(15)11(13)9-20-3/h5-7,10H,4,8-9H2,1-3H3,(H2,16,17,18)/t10-/m0/s1. The van der Waals surface area contributed by atoms with Gasteiger partial charge in [0.1, 0.15) is 0 Å². The van der Waals surface area contributed by atoms with E-state index in [-0.39, 0.29) is 12.1 Å². The molecule has 20 heavy (non-hydrogen) atoms. The molecule has 0 aliphatic carbocycles. The lowest BCUT2D eigenvalue weighted by atomic mass is 10.2. The number of nitrogens with one attached hydrogen (secondary N) is 2. The minimum atomic E-state index is -0.246. The third kappa shape index (κ3) is 5.11. The van der Waals surface area contributed by atoms with Crippen molar-refractivity contribution >= 4 is 27.6 Å². The van der Waals surface area contributed by atoms with E-state index in [1.54, 1.807) is 14.2 Å². The Kier molecular flexibility index (Phi) is 7.58. The molecule has 0 radical (unpaired) electrons. The van der Waals surface area contributed by atoms with E-state index >= 15 is 0 Å². The summed E-state index contributed by atoms with van der Waals surface area (Å²) in [5.41, 5.74) is 1.64. The van der Waals surface area contributed by atoms with E-state index in [0.717, 1.165) is 22.1 Å². The molecule has 0 fully saturated rings. The van der Waals surface area contributed by atoms with E-state index in [1.807, 2.05) is 25.1 Å². The molecule has 1 rings (SSSR count). The third-order valence-corrected chi connectivity index (χ3v) is 3.59. The van der Waals surface area contributed by atoms with Gasteiger partial charge in [-0.2, -0.15) is 0 Å². The largest absolute Gasteiger partial charge is 0.383 e. The Labute approximate surface area is 128 Å². The molecule has 5 nitrogen and oxygen atoms in total. The van der Waals surface area contributed by atoms with Crippen LogP contribution in [0.5, 0.6) is 0 Å². The van der Waals surface area contributed by atoms with Crippen molar-refractivity contribution in [2.24, 2.45) is 0 Å². The predicted molar refractivity (Wildman–Crippen MR) is 83.0 cm³/mol. The smallest absolute Gasteiger partial charge is 0.319 e. The molecule has 6 heteroatoms. The normalized spacial score (nSPS) is 12.0. The fourth-order valence-corrected chi connectivity index (χ4v) is 2.25. The highest BCUT2D eigenvalue weighted by atomic mass is 79.9. The predicted octanol–water partition coefficient (Wildman–Crippen LogP) is 3.14. The summed E-state index contributed by atoms with van der Waals surface area (Å²) in [6.07, 6.45) is 0.810. The molecule has 0 saturated heterocycles. The fourth-order valence-electron chi connectivity index (χ4n) is 1.77. The van der Waals surface area contributed by atoms with Crippen molar-refractivity contribution < 1.29 is 14.3 Å². The van der Waals surface area contributed by atoms with Crippen LogP contribution in [0.2, 0.25) is 0 Å². The number of anilines is 1. The topological polar surface area (TPSA) is 59.6 Å². The van der Waals surface area contributed by atoms with E-state index in [0.29, 0.717) is 13.2 Å². The van der Waals surface area contributed by atoms with Gasteiger partial charge in [0.15, 0.2) is 0 Å². The zero-order valence-electron chi connectivity index (χ0n) is 12.0. The van der Waals surface area contributed by atoms with E-state index in [4.69, 9.17) is 9.47 Å². The van der Waals surface area contributed by atoms with Crippen LogP contribution < -0.4 is 10.6 Å². The molecule has 0 aliphatic heterocycles. The molecular formula is C14H21BrN2O3. The molecule has 0 spiro atoms. The summed E-state index contributed by atoms with van der Waals surface area (Å²) in [6, 6.07) is 5.38. The summed E-state index contributed by atoms with van der Waals surface area (Å²) >= 11 is 3.46. The summed E-state index contributed by atoms with van der Waals surface area (Å²) in [7, 11) is 3.24. The van der Waals surface area contributed by atoms with Gasteiger partial charge in [0.05, 0.1) is 19.3 Å². The van der Waals surface area contributed by atoms with Crippen LogP contribution in [0.15, 0.2) is 22.7 Å². The monoisotopic (exact) mass is 344 g/mol. The number of rotatable bonds is 7. The minimum absolute atomic E-state index is 0.00183. The second-order valence-electron chi connectivity index (χ2n) is 4.36. The highest BCUT2D eigenvalue weighted by Crippen LogP contribution is 2.25. The van der Waals surface area contributed by atoms with Crippen molar-refractivity contribution in [2.45, 2.75) is 26.0 Å². The average molecular weight is 345 g/mol. The van der Waals surface area contributed by atoms with Crippen LogP contribution >= 0.6 is 15.9 Å². The Hall–Kier alpha value is -1.11. The quantitative estimate of drug-likeness (QED) is 0.798. The van der Waals surface area contributed by atoms with Gasteiger partial charge in [-0.3, -0.25) is 0 Å². The van der Waals surface area contributed by atoms with Gasteiger partial charge in [-0.15, -0.1) is 0 Å². The third-order valence-electron chi connectivity index (χ3n) is 2.85. The molecule has 1 aromatic rings. The number of ether oxygens (including phenoxy) is 2. The Bertz CT molecular complexity index is 440. The van der Waals surface area contributed by atoms with Gasteiger partial charge in [-0.25, -0.2) is 4.79 Å². The lowest BCUT2D eigenvalue weighted by Gasteiger charge is -2.18. The van der Waals surface area contributed by atoms with Gasteiger partial charge < -0.3 is 20.1 Å². The van der Waals surface area contributed by atoms with E-state index in [9.17, 15) is 4.79 Å². The number of methoxy groups -OCH3 is 2. The summed E-state index contributed by atoms with van der Waals surface area (Å²) in [5.74, 6) is 0. The van der Waals surface area contributed by atoms with Crippen LogP contribution in [0.1, 0.15) is 18.9 Å². The van der Waals surface area contributed by atoms with Crippen LogP contribution in [0.25, 0.3) is 0 Å². The number of hydrogen-bond donors (Lipinski definition) is 2. The Morgan fingerprint density at radius 3 is 2.70 bits per heavy atom. The zero-order valence-corrected chi connectivity index (χ0v) is 13.6. The Balaban J connectivity index is 2.72. The lowest BCUT2D eigenvalue weighted by Crippen LogP contribution is -2.40. The lowest BCUT2D eigenvalue weighted by molar-refractivity contribution is 0.165. The second kappa shape index (κ2) is 8.94. The molecule has 0 heterocycles. The number of urea groups is 1. The van der Waals surface area contributed by atoms with Crippen molar-refractivity contribution in [3.8, 4) is 0 Å². The highest BCUT2D eigenvalue weighted by molar-refractivity contribution is 9.10. The molecule has 0 unspecified atom stereocenters. The van der Waals surface area contributed by atoms with Crippen LogP contribution in [0, 0.1) is 0 Å². The maximum Gasteiger partial charge on any atom is 0.319 e. The average Bonchev–Trinajstić information content (AvgIpc) is 2.42. The number of benzene rings is 1. The van der Waals surface area contributed by atoms with E-state index in [2.05, 4.69) is 26.6 Å². The van der Waals surface area contributed by atoms with Gasteiger partial charge in [0, 0.05) is 29.9 Å². The van der Waals surface area contributed by atoms with Crippen molar-refractivity contribution in [3.63, 3.8) is 0 Å². The summed E-state index contributed by atoms with van der Waals surface area (Å²) in [5, 5.41) is 5.72. The first-order chi connectivity index (χ1) is 9.62. The number of amides is 2. The molecule has 0 aliphatic rings. The fraction of sp³-hybridized carbons (Fsp3) is 0.500. The van der Waals surface area contributed by atoms with Crippen molar-refractivity contribution in [2.75, 3.05) is 26.1 Å². The first kappa shape index (κ1) is 16.9. The van der Waals surface area contributed by atoms with Crippen LogP contribution in [-0.2, 0) is 16.1 Å². The molecule has 2 amide bonds. The van der Waals surface area contributed by atoms with Crippen LogP contribution in [-0.4, -0.2) is 32.9 Å². The molecule has 1 aromatic carbocycles. The van der Waals surface area contributed by atoms with Gasteiger partial charge in [-0.05, 0) is 18.6 Å². The Morgan fingerprint density at radius 1 is 1.35 bits per heavy atom. The number of carbonyl (C=O) groups is 1. The molecule has 0 saturated carbocycles. The van der Waals surface area contributed by atoms with Gasteiger partial charge in [-0.1, -0.05) is 28.9 Å². The van der Waals surface area contributed by atoms with Gasteiger partial charge in [0.2, 0.25) is 0 Å². The molecular weight excluding hydrogens is 324 g/mol. The highest BCUT2D eigenvalue weighted by Gasteiger charge is 2.13. The van der Waals surface area contributed by atoms with Crippen LogP contribution in [0.4, 0.5) is 10.5 Å². The van der Waals surface area contributed by atoms with Gasteiger partial charge in [0.25, 0.3) is 0 Å². The maximum absolute atomic E-state index is 12.0. The summed E-state index contributed by atoms with van der Waals surface area (Å²) < 4.78 is 11.1. The Morgan fingerprint density at radius 2 is 2.10 bits per heavy atom. The van der Waals surface area contributed by atoms with Crippen LogP contribution in [0.3, 0.4) is 0 Å². The van der Waals surface area contributed by atoms with E-state index < -0.39 is 0 Å². The maximum atomic E-state index is 12.0. The molecule has 0 aromatic heterocycles. The molecule has 2 N–H and O–H groups in total. The van der Waals surface area contributed by atoms with Crippen molar-refractivity contribution in [1.82, 2.24) is 5.32 Å². The number of halogens is 1. The molecule has 0 bridgehead atoms. The van der Waals surface area contributed by atoms with E-state index in [1.165, 1.54) is 0 Å². The zero-order chi connectivity index (χ0) is 15.0. The van der Waals surface area contributed by atoms with Crippen molar-refractivity contribution in [1.29, 1.82) is 0 Å². The van der Waals surface area contributed by atoms with Gasteiger partial charge >= 0.3 is 6.03 Å². The first-order valence-corrected chi connectivity index (χ1v) is 7.24. The number of carbonyl (C=O) groups excluding carboxylic acids is 1. The first-order valence-electron chi connectivity index (χ1n) is 6.45. The summed E-state index contributed by atoms with van der Waals surface area (Å²) in [4.78, 5) is 12.0.